The first kappa shape index (κ1) is 15.4. The van der Waals surface area contributed by atoms with Crippen LogP contribution >= 0.6 is 22.9 Å². The summed E-state index contributed by atoms with van der Waals surface area (Å²) in [6, 6.07) is 9.07. The molecule has 0 fully saturated rings. The summed E-state index contributed by atoms with van der Waals surface area (Å²) in [4.78, 5) is 14.7. The number of carbonyl (C=O) groups is 1. The van der Waals surface area contributed by atoms with Gasteiger partial charge in [0.25, 0.3) is 5.91 Å². The number of rotatable bonds is 4. The highest BCUT2D eigenvalue weighted by molar-refractivity contribution is 7.10. The maximum atomic E-state index is 12.1. The molecule has 2 aromatic rings. The number of anilines is 1. The van der Waals surface area contributed by atoms with Gasteiger partial charge in [-0.15, -0.1) is 11.3 Å². The van der Waals surface area contributed by atoms with Crippen molar-refractivity contribution in [1.82, 2.24) is 4.90 Å². The van der Waals surface area contributed by atoms with Crippen molar-refractivity contribution in [2.75, 3.05) is 19.4 Å². The van der Waals surface area contributed by atoms with E-state index in [-0.39, 0.29) is 5.91 Å². The minimum absolute atomic E-state index is 0.0851. The second kappa shape index (κ2) is 6.61. The Morgan fingerprint density at radius 1 is 1.43 bits per heavy atom. The summed E-state index contributed by atoms with van der Waals surface area (Å²) < 4.78 is 0. The molecule has 0 spiro atoms. The van der Waals surface area contributed by atoms with Crippen LogP contribution in [0.25, 0.3) is 0 Å². The quantitative estimate of drug-likeness (QED) is 0.937. The van der Waals surface area contributed by atoms with Crippen LogP contribution in [0, 0.1) is 11.3 Å². The number of nitrogens with zero attached hydrogens (tertiary/aromatic N) is 2. The van der Waals surface area contributed by atoms with Gasteiger partial charge in [-0.05, 0) is 24.3 Å². The standard InChI is InChI=1S/C15H14ClN3OS/c1-19(2)15(20)13-4-3-11(16)6-14(13)18-8-12-5-10(7-17)9-21-12/h3-6,9,18H,8H2,1-2H3. The number of nitriles is 1. The molecule has 0 atom stereocenters. The minimum Gasteiger partial charge on any atom is -0.379 e. The molecule has 2 rings (SSSR count). The molecule has 1 aromatic carbocycles. The Hall–Kier alpha value is -2.03. The Morgan fingerprint density at radius 2 is 2.19 bits per heavy atom. The largest absolute Gasteiger partial charge is 0.379 e. The fourth-order valence-electron chi connectivity index (χ4n) is 1.80. The molecule has 0 aliphatic carbocycles. The zero-order valence-electron chi connectivity index (χ0n) is 11.7. The maximum absolute atomic E-state index is 12.1. The SMILES string of the molecule is CN(C)C(=O)c1ccc(Cl)cc1NCc1cc(C#N)cs1. The Morgan fingerprint density at radius 3 is 2.81 bits per heavy atom. The molecule has 0 aliphatic rings. The van der Waals surface area contributed by atoms with Gasteiger partial charge in [-0.3, -0.25) is 4.79 Å². The zero-order valence-corrected chi connectivity index (χ0v) is 13.3. The van der Waals surface area contributed by atoms with Gasteiger partial charge in [0.1, 0.15) is 6.07 Å². The van der Waals surface area contributed by atoms with Gasteiger partial charge in [0.05, 0.1) is 11.1 Å². The van der Waals surface area contributed by atoms with E-state index in [4.69, 9.17) is 16.9 Å². The van der Waals surface area contributed by atoms with Crippen LogP contribution in [0.5, 0.6) is 0 Å². The molecule has 0 unspecified atom stereocenters. The zero-order chi connectivity index (χ0) is 15.4. The van der Waals surface area contributed by atoms with Crippen molar-refractivity contribution >= 4 is 34.5 Å². The molecular formula is C15H14ClN3OS. The van der Waals surface area contributed by atoms with E-state index < -0.39 is 0 Å². The van der Waals surface area contributed by atoms with Gasteiger partial charge in [-0.2, -0.15) is 5.26 Å². The van der Waals surface area contributed by atoms with Crippen LogP contribution in [0.1, 0.15) is 20.8 Å². The summed E-state index contributed by atoms with van der Waals surface area (Å²) >= 11 is 7.51. The third-order valence-corrected chi connectivity index (χ3v) is 4.03. The highest BCUT2D eigenvalue weighted by atomic mass is 35.5. The Kier molecular flexibility index (Phi) is 4.84. The molecule has 0 saturated heterocycles. The van der Waals surface area contributed by atoms with Crippen molar-refractivity contribution in [3.63, 3.8) is 0 Å². The van der Waals surface area contributed by atoms with E-state index in [0.29, 0.717) is 28.4 Å². The molecule has 1 aromatic heterocycles. The maximum Gasteiger partial charge on any atom is 0.255 e. The van der Waals surface area contributed by atoms with Crippen molar-refractivity contribution in [3.05, 3.63) is 50.7 Å². The monoisotopic (exact) mass is 319 g/mol. The van der Waals surface area contributed by atoms with Crippen LogP contribution in [0.3, 0.4) is 0 Å². The predicted molar refractivity (Wildman–Crippen MR) is 85.8 cm³/mol. The normalized spacial score (nSPS) is 10.0. The first-order valence-corrected chi connectivity index (χ1v) is 7.49. The van der Waals surface area contributed by atoms with Crippen molar-refractivity contribution in [2.45, 2.75) is 6.54 Å². The van der Waals surface area contributed by atoms with Gasteiger partial charge in [0, 0.05) is 41.6 Å². The van der Waals surface area contributed by atoms with E-state index in [2.05, 4.69) is 11.4 Å². The molecule has 0 bridgehead atoms. The number of amides is 1. The topological polar surface area (TPSA) is 56.1 Å². The summed E-state index contributed by atoms with van der Waals surface area (Å²) in [7, 11) is 3.42. The summed E-state index contributed by atoms with van der Waals surface area (Å²) in [5.41, 5.74) is 1.90. The predicted octanol–water partition coefficient (Wildman–Crippen LogP) is 3.59. The number of halogens is 1. The molecule has 21 heavy (non-hydrogen) atoms. The smallest absolute Gasteiger partial charge is 0.255 e. The van der Waals surface area contributed by atoms with Gasteiger partial charge in [0.2, 0.25) is 0 Å². The van der Waals surface area contributed by atoms with E-state index in [1.54, 1.807) is 37.7 Å². The minimum atomic E-state index is -0.0851. The Labute approximate surface area is 132 Å². The van der Waals surface area contributed by atoms with Crippen LogP contribution in [0.2, 0.25) is 5.02 Å². The van der Waals surface area contributed by atoms with Gasteiger partial charge >= 0.3 is 0 Å². The number of benzene rings is 1. The number of thiophene rings is 1. The Bertz CT molecular complexity index is 703. The summed E-state index contributed by atoms with van der Waals surface area (Å²) in [6.45, 7) is 0.542. The molecule has 0 radical (unpaired) electrons. The number of hydrogen-bond donors (Lipinski definition) is 1. The average Bonchev–Trinajstić information content (AvgIpc) is 2.92. The number of carbonyl (C=O) groups excluding carboxylic acids is 1. The van der Waals surface area contributed by atoms with Crippen LogP contribution in [0.4, 0.5) is 5.69 Å². The lowest BCUT2D eigenvalue weighted by molar-refractivity contribution is 0.0828. The molecular weight excluding hydrogens is 306 g/mol. The molecule has 0 saturated carbocycles. The van der Waals surface area contributed by atoms with Gasteiger partial charge in [-0.25, -0.2) is 0 Å². The first-order valence-electron chi connectivity index (χ1n) is 6.24. The van der Waals surface area contributed by atoms with E-state index in [1.807, 2.05) is 6.07 Å². The van der Waals surface area contributed by atoms with Gasteiger partial charge < -0.3 is 10.2 Å². The molecule has 4 nitrogen and oxygen atoms in total. The molecule has 0 aliphatic heterocycles. The third-order valence-electron chi connectivity index (χ3n) is 2.85. The molecule has 1 heterocycles. The number of nitrogens with one attached hydrogen (secondary N) is 1. The van der Waals surface area contributed by atoms with Crippen molar-refractivity contribution in [2.24, 2.45) is 0 Å². The first-order chi connectivity index (χ1) is 10.0. The van der Waals surface area contributed by atoms with Crippen LogP contribution in [-0.2, 0) is 6.54 Å². The second-order valence-corrected chi connectivity index (χ2v) is 6.09. The summed E-state index contributed by atoms with van der Waals surface area (Å²) in [5, 5.41) is 14.4. The fraction of sp³-hybridized carbons (Fsp3) is 0.200. The van der Waals surface area contributed by atoms with Crippen molar-refractivity contribution in [3.8, 4) is 6.07 Å². The third kappa shape index (κ3) is 3.75. The summed E-state index contributed by atoms with van der Waals surface area (Å²) in [5.74, 6) is -0.0851. The highest BCUT2D eigenvalue weighted by Gasteiger charge is 2.13. The molecule has 108 valence electrons. The van der Waals surface area contributed by atoms with Crippen LogP contribution in [-0.4, -0.2) is 24.9 Å². The molecule has 1 N–H and O–H groups in total. The van der Waals surface area contributed by atoms with E-state index >= 15 is 0 Å². The van der Waals surface area contributed by atoms with Crippen LogP contribution < -0.4 is 5.32 Å². The summed E-state index contributed by atoms with van der Waals surface area (Å²) in [6.07, 6.45) is 0. The highest BCUT2D eigenvalue weighted by Crippen LogP contribution is 2.24. The molecule has 6 heteroatoms. The van der Waals surface area contributed by atoms with Gasteiger partial charge in [-0.1, -0.05) is 11.6 Å². The van der Waals surface area contributed by atoms with Crippen LogP contribution in [0.15, 0.2) is 29.6 Å². The van der Waals surface area contributed by atoms with Crippen molar-refractivity contribution in [1.29, 1.82) is 5.26 Å². The van der Waals surface area contributed by atoms with Crippen molar-refractivity contribution < 1.29 is 4.79 Å². The number of hydrogen-bond acceptors (Lipinski definition) is 4. The van der Waals surface area contributed by atoms with E-state index in [9.17, 15) is 4.79 Å². The Balaban J connectivity index is 2.20. The average molecular weight is 320 g/mol. The van der Waals surface area contributed by atoms with E-state index in [1.165, 1.54) is 16.2 Å². The van der Waals surface area contributed by atoms with E-state index in [0.717, 1.165) is 4.88 Å². The second-order valence-electron chi connectivity index (χ2n) is 4.66. The lowest BCUT2D eigenvalue weighted by Crippen LogP contribution is -2.22. The molecule has 1 amide bonds. The lowest BCUT2D eigenvalue weighted by atomic mass is 10.1. The lowest BCUT2D eigenvalue weighted by Gasteiger charge is -2.15. The fourth-order valence-corrected chi connectivity index (χ4v) is 2.73. The van der Waals surface area contributed by atoms with Gasteiger partial charge in [0.15, 0.2) is 0 Å².